The zero-order valence-corrected chi connectivity index (χ0v) is 11.9. The summed E-state index contributed by atoms with van der Waals surface area (Å²) in [6.45, 7) is 3.95. The maximum atomic E-state index is 11.9. The first-order valence-corrected chi connectivity index (χ1v) is 7.18. The topological polar surface area (TPSA) is 71.8 Å². The molecule has 106 valence electrons. The van der Waals surface area contributed by atoms with E-state index in [1.54, 1.807) is 16.0 Å². The fraction of sp³-hybridized carbons (Fsp3) is 0.0714. The molecule has 2 N–H and O–H groups in total. The molecule has 1 amide bonds. The molecule has 0 aliphatic heterocycles. The first kappa shape index (κ1) is 13.3. The molecule has 0 spiro atoms. The van der Waals surface area contributed by atoms with Crippen LogP contribution in [0.3, 0.4) is 0 Å². The summed E-state index contributed by atoms with van der Waals surface area (Å²) in [5.41, 5.74) is 7.65. The fourth-order valence-corrected chi connectivity index (χ4v) is 2.52. The number of carbonyl (C=O) groups is 1. The Morgan fingerprint density at radius 2 is 2.10 bits per heavy atom. The first-order valence-electron chi connectivity index (χ1n) is 6.30. The van der Waals surface area contributed by atoms with Crippen molar-refractivity contribution < 1.29 is 4.79 Å². The number of aromatic nitrogens is 3. The highest BCUT2D eigenvalue weighted by Crippen LogP contribution is 2.15. The van der Waals surface area contributed by atoms with Crippen LogP contribution < -0.4 is 10.9 Å². The largest absolute Gasteiger partial charge is 0.298 e. The summed E-state index contributed by atoms with van der Waals surface area (Å²) in [7, 11) is 0. The molecule has 2 heterocycles. The third kappa shape index (κ3) is 2.92. The Kier molecular flexibility index (Phi) is 3.65. The Bertz CT molecular complexity index is 778. The lowest BCUT2D eigenvalue weighted by atomic mass is 10.3. The number of thiophene rings is 1. The zero-order chi connectivity index (χ0) is 14.7. The molecule has 0 radical (unpaired) electrons. The van der Waals surface area contributed by atoms with Crippen molar-refractivity contribution in [1.29, 1.82) is 0 Å². The maximum Gasteiger partial charge on any atom is 0.260 e. The lowest BCUT2D eigenvalue weighted by Crippen LogP contribution is -2.38. The molecule has 0 bridgehead atoms. The molecule has 6 nitrogen and oxygen atoms in total. The van der Waals surface area contributed by atoms with Crippen molar-refractivity contribution in [3.63, 3.8) is 0 Å². The third-order valence-electron chi connectivity index (χ3n) is 2.89. The Hall–Kier alpha value is -2.67. The molecule has 2 aromatic heterocycles. The summed E-state index contributed by atoms with van der Waals surface area (Å²) >= 11 is 1.55. The van der Waals surface area contributed by atoms with Gasteiger partial charge in [0.15, 0.2) is 0 Å². The van der Waals surface area contributed by atoms with Crippen molar-refractivity contribution in [3.8, 4) is 0 Å². The minimum absolute atomic E-state index is 0.0885. The molecular weight excluding hydrogens is 286 g/mol. The molecule has 0 aliphatic rings. The normalized spacial score (nSPS) is 10.5. The van der Waals surface area contributed by atoms with Crippen LogP contribution in [-0.4, -0.2) is 20.9 Å². The van der Waals surface area contributed by atoms with Crippen LogP contribution in [0.4, 0.5) is 0 Å². The molecule has 0 fully saturated rings. The summed E-state index contributed by atoms with van der Waals surface area (Å²) in [5, 5.41) is 9.92. The van der Waals surface area contributed by atoms with Crippen molar-refractivity contribution in [2.75, 3.05) is 0 Å². The number of benzene rings is 1. The standard InChI is InChI=1S/C14H13N5OS/c1-10(13-7-4-8-21-13)15-17-14(20)9-19-12-6-3-2-5-11(12)16-18-19/h2-8,15H,1,9H2,(H,17,20). The van der Waals surface area contributed by atoms with Gasteiger partial charge in [-0.15, -0.1) is 16.4 Å². The van der Waals surface area contributed by atoms with E-state index >= 15 is 0 Å². The Morgan fingerprint density at radius 3 is 2.90 bits per heavy atom. The van der Waals surface area contributed by atoms with E-state index in [0.29, 0.717) is 5.70 Å². The van der Waals surface area contributed by atoms with E-state index in [0.717, 1.165) is 15.9 Å². The van der Waals surface area contributed by atoms with Crippen molar-refractivity contribution >= 4 is 34.0 Å². The molecule has 21 heavy (non-hydrogen) atoms. The summed E-state index contributed by atoms with van der Waals surface area (Å²) in [6.07, 6.45) is 0. The van der Waals surface area contributed by atoms with Crippen LogP contribution in [0, 0.1) is 0 Å². The minimum atomic E-state index is -0.219. The first-order chi connectivity index (χ1) is 10.2. The van der Waals surface area contributed by atoms with Gasteiger partial charge in [0.1, 0.15) is 12.1 Å². The maximum absolute atomic E-state index is 11.9. The number of hydrazine groups is 1. The predicted molar refractivity (Wildman–Crippen MR) is 82.2 cm³/mol. The van der Waals surface area contributed by atoms with Gasteiger partial charge in [-0.2, -0.15) is 0 Å². The molecule has 0 unspecified atom stereocenters. The molecule has 3 rings (SSSR count). The smallest absolute Gasteiger partial charge is 0.260 e. The van der Waals surface area contributed by atoms with Crippen molar-refractivity contribution in [1.82, 2.24) is 25.8 Å². The second-order valence-electron chi connectivity index (χ2n) is 4.36. The molecule has 0 saturated carbocycles. The molecular formula is C14H13N5OS. The van der Waals surface area contributed by atoms with Crippen LogP contribution in [0.15, 0.2) is 48.4 Å². The quantitative estimate of drug-likeness (QED) is 0.705. The van der Waals surface area contributed by atoms with Crippen LogP contribution in [0.2, 0.25) is 0 Å². The van der Waals surface area contributed by atoms with Gasteiger partial charge in [-0.1, -0.05) is 30.0 Å². The highest BCUT2D eigenvalue weighted by atomic mass is 32.1. The third-order valence-corrected chi connectivity index (χ3v) is 3.81. The molecule has 3 aromatic rings. The number of carbonyl (C=O) groups excluding carboxylic acids is 1. The SMILES string of the molecule is C=C(NNC(=O)Cn1nnc2ccccc21)c1cccs1. The number of hydrogen-bond donors (Lipinski definition) is 2. The van der Waals surface area contributed by atoms with Gasteiger partial charge >= 0.3 is 0 Å². The Labute approximate surface area is 125 Å². The average molecular weight is 299 g/mol. The van der Waals surface area contributed by atoms with Crippen LogP contribution in [0.1, 0.15) is 4.88 Å². The van der Waals surface area contributed by atoms with Crippen LogP contribution in [0.5, 0.6) is 0 Å². The van der Waals surface area contributed by atoms with Gasteiger partial charge in [-0.05, 0) is 23.6 Å². The van der Waals surface area contributed by atoms with Crippen molar-refractivity contribution in [2.24, 2.45) is 0 Å². The van der Waals surface area contributed by atoms with Gasteiger partial charge < -0.3 is 0 Å². The Morgan fingerprint density at radius 1 is 1.24 bits per heavy atom. The van der Waals surface area contributed by atoms with E-state index in [9.17, 15) is 4.79 Å². The lowest BCUT2D eigenvalue weighted by molar-refractivity contribution is -0.122. The van der Waals surface area contributed by atoms with E-state index in [4.69, 9.17) is 0 Å². The zero-order valence-electron chi connectivity index (χ0n) is 11.1. The van der Waals surface area contributed by atoms with E-state index in [2.05, 4.69) is 27.7 Å². The fourth-order valence-electron chi connectivity index (χ4n) is 1.87. The second kappa shape index (κ2) is 5.76. The number of nitrogens with zero attached hydrogens (tertiary/aromatic N) is 3. The van der Waals surface area contributed by atoms with E-state index < -0.39 is 0 Å². The number of nitrogens with one attached hydrogen (secondary N) is 2. The highest BCUT2D eigenvalue weighted by Gasteiger charge is 2.08. The summed E-state index contributed by atoms with van der Waals surface area (Å²) < 4.78 is 1.56. The number of amides is 1. The van der Waals surface area contributed by atoms with Gasteiger partial charge in [0.05, 0.1) is 16.1 Å². The number of hydrogen-bond acceptors (Lipinski definition) is 5. The highest BCUT2D eigenvalue weighted by molar-refractivity contribution is 7.11. The second-order valence-corrected chi connectivity index (χ2v) is 5.31. The summed E-state index contributed by atoms with van der Waals surface area (Å²) in [5.74, 6) is -0.219. The molecule has 1 aromatic carbocycles. The van der Waals surface area contributed by atoms with Crippen LogP contribution in [-0.2, 0) is 11.3 Å². The van der Waals surface area contributed by atoms with Gasteiger partial charge in [0, 0.05) is 0 Å². The van der Waals surface area contributed by atoms with Crippen LogP contribution >= 0.6 is 11.3 Å². The van der Waals surface area contributed by atoms with Gasteiger partial charge in [0.25, 0.3) is 5.91 Å². The average Bonchev–Trinajstić information content (AvgIpc) is 3.15. The summed E-state index contributed by atoms with van der Waals surface area (Å²) in [6, 6.07) is 11.4. The monoisotopic (exact) mass is 299 g/mol. The van der Waals surface area contributed by atoms with Gasteiger partial charge in [-0.3, -0.25) is 15.6 Å². The number of para-hydroxylation sites is 1. The molecule has 0 aliphatic carbocycles. The van der Waals surface area contributed by atoms with Crippen molar-refractivity contribution in [2.45, 2.75) is 6.54 Å². The van der Waals surface area contributed by atoms with E-state index in [-0.39, 0.29) is 12.5 Å². The molecule has 0 atom stereocenters. The minimum Gasteiger partial charge on any atom is -0.298 e. The van der Waals surface area contributed by atoms with E-state index in [1.807, 2.05) is 41.8 Å². The Balaban J connectivity index is 1.60. The molecule has 7 heteroatoms. The van der Waals surface area contributed by atoms with Crippen LogP contribution in [0.25, 0.3) is 16.7 Å². The van der Waals surface area contributed by atoms with Crippen molar-refractivity contribution in [3.05, 3.63) is 53.2 Å². The predicted octanol–water partition coefficient (Wildman–Crippen LogP) is 1.78. The van der Waals surface area contributed by atoms with E-state index in [1.165, 1.54) is 0 Å². The summed E-state index contributed by atoms with van der Waals surface area (Å²) in [4.78, 5) is 12.9. The lowest BCUT2D eigenvalue weighted by Gasteiger charge is -2.09. The number of rotatable bonds is 5. The van der Waals surface area contributed by atoms with Gasteiger partial charge in [-0.25, -0.2) is 4.68 Å². The van der Waals surface area contributed by atoms with Gasteiger partial charge in [0.2, 0.25) is 0 Å². The number of fused-ring (bicyclic) bond motifs is 1. The molecule has 0 saturated heterocycles.